The van der Waals surface area contributed by atoms with Crippen molar-refractivity contribution in [3.63, 3.8) is 0 Å². The van der Waals surface area contributed by atoms with Crippen LogP contribution in [0.15, 0.2) is 13.2 Å². The van der Waals surface area contributed by atoms with Gasteiger partial charge < -0.3 is 4.74 Å². The third-order valence-corrected chi connectivity index (χ3v) is 0.408. The molecule has 0 spiro atoms. The minimum Gasteiger partial charge on any atom is -0.382 e. The molecule has 0 rings (SSSR count). The van der Waals surface area contributed by atoms with Gasteiger partial charge >= 0.3 is 10.4 Å². The minimum atomic E-state index is -4.67. The SMILES string of the molecule is C=C.CCOCC.O=S(=O)(O)O. The molecule has 0 aromatic heterocycles. The van der Waals surface area contributed by atoms with Gasteiger partial charge in [0.15, 0.2) is 0 Å². The Balaban J connectivity index is -0.000000112. The van der Waals surface area contributed by atoms with Crippen molar-refractivity contribution in [2.45, 2.75) is 13.8 Å². The molecular formula is C6H16O5S. The Bertz CT molecular complexity index is 141. The smallest absolute Gasteiger partial charge is 0.382 e. The molecule has 6 heteroatoms. The molecule has 0 atom stereocenters. The van der Waals surface area contributed by atoms with Gasteiger partial charge in [-0.05, 0) is 13.8 Å². The summed E-state index contributed by atoms with van der Waals surface area (Å²) in [5.41, 5.74) is 0. The Hall–Kier alpha value is -0.430. The lowest BCUT2D eigenvalue weighted by molar-refractivity contribution is 0.162. The zero-order valence-corrected chi connectivity index (χ0v) is 8.17. The van der Waals surface area contributed by atoms with Crippen LogP contribution < -0.4 is 0 Å². The van der Waals surface area contributed by atoms with Crippen molar-refractivity contribution >= 4 is 10.4 Å². The maximum absolute atomic E-state index is 8.74. The van der Waals surface area contributed by atoms with E-state index in [9.17, 15) is 0 Å². The van der Waals surface area contributed by atoms with Crippen molar-refractivity contribution < 1.29 is 22.3 Å². The Morgan fingerprint density at radius 2 is 1.33 bits per heavy atom. The molecule has 0 aliphatic heterocycles. The third kappa shape index (κ3) is 285. The Labute approximate surface area is 73.6 Å². The van der Waals surface area contributed by atoms with E-state index in [2.05, 4.69) is 13.2 Å². The lowest BCUT2D eigenvalue weighted by atomic mass is 10.8. The van der Waals surface area contributed by atoms with E-state index < -0.39 is 10.4 Å². The quantitative estimate of drug-likeness (QED) is 0.516. The molecule has 0 bridgehead atoms. The Morgan fingerprint density at radius 1 is 1.17 bits per heavy atom. The van der Waals surface area contributed by atoms with Gasteiger partial charge in [-0.1, -0.05) is 0 Å². The Kier molecular flexibility index (Phi) is 19.3. The normalized spacial score (nSPS) is 8.67. The number of hydrogen-bond donors (Lipinski definition) is 2. The van der Waals surface area contributed by atoms with Crippen molar-refractivity contribution in [3.05, 3.63) is 13.2 Å². The van der Waals surface area contributed by atoms with E-state index in [0.717, 1.165) is 13.2 Å². The maximum atomic E-state index is 8.74. The van der Waals surface area contributed by atoms with Crippen LogP contribution in [-0.2, 0) is 15.1 Å². The summed E-state index contributed by atoms with van der Waals surface area (Å²) in [6, 6.07) is 0. The maximum Gasteiger partial charge on any atom is 0.394 e. The highest BCUT2D eigenvalue weighted by atomic mass is 32.3. The first-order valence-electron chi connectivity index (χ1n) is 3.19. The van der Waals surface area contributed by atoms with E-state index in [0.29, 0.717) is 0 Å². The van der Waals surface area contributed by atoms with Crippen LogP contribution in [0.25, 0.3) is 0 Å². The fourth-order valence-corrected chi connectivity index (χ4v) is 0.204. The molecule has 76 valence electrons. The molecule has 0 heterocycles. The van der Waals surface area contributed by atoms with E-state index in [1.165, 1.54) is 0 Å². The molecule has 0 aromatic carbocycles. The predicted molar refractivity (Wildman–Crippen MR) is 47.6 cm³/mol. The summed E-state index contributed by atoms with van der Waals surface area (Å²) in [6.07, 6.45) is 0. The molecule has 0 saturated carbocycles. The van der Waals surface area contributed by atoms with Crippen LogP contribution in [0.5, 0.6) is 0 Å². The Morgan fingerprint density at radius 3 is 1.33 bits per heavy atom. The molecule has 12 heavy (non-hydrogen) atoms. The third-order valence-electron chi connectivity index (χ3n) is 0.408. The van der Waals surface area contributed by atoms with Gasteiger partial charge in [-0.15, -0.1) is 13.2 Å². The standard InChI is InChI=1S/C4H10O.C2H4.H2O4S/c1-3-5-4-2;1-2;1-5(2,3)4/h3-4H2,1-2H3;1-2H2;(H2,1,2,3,4). The summed E-state index contributed by atoms with van der Waals surface area (Å²) >= 11 is 0. The molecule has 0 radical (unpaired) electrons. The number of ether oxygens (including phenoxy) is 1. The van der Waals surface area contributed by atoms with Gasteiger partial charge in [0.05, 0.1) is 0 Å². The molecule has 0 aromatic rings. The van der Waals surface area contributed by atoms with Crippen LogP contribution in [0, 0.1) is 0 Å². The summed E-state index contributed by atoms with van der Waals surface area (Å²) in [4.78, 5) is 0. The second kappa shape index (κ2) is 13.2. The lowest BCUT2D eigenvalue weighted by Crippen LogP contribution is -1.89. The van der Waals surface area contributed by atoms with Crippen molar-refractivity contribution in [3.8, 4) is 0 Å². The van der Waals surface area contributed by atoms with E-state index in [1.54, 1.807) is 0 Å². The largest absolute Gasteiger partial charge is 0.394 e. The van der Waals surface area contributed by atoms with Crippen LogP contribution in [0.2, 0.25) is 0 Å². The lowest BCUT2D eigenvalue weighted by Gasteiger charge is -1.86. The average Bonchev–Trinajstić information content (AvgIpc) is 1.90. The first kappa shape index (κ1) is 17.6. The second-order valence-corrected chi connectivity index (χ2v) is 2.12. The van der Waals surface area contributed by atoms with Crippen molar-refractivity contribution in [1.29, 1.82) is 0 Å². The summed E-state index contributed by atoms with van der Waals surface area (Å²) in [5, 5.41) is 0. The highest BCUT2D eigenvalue weighted by Gasteiger charge is 1.84. The van der Waals surface area contributed by atoms with Gasteiger partial charge in [0.2, 0.25) is 0 Å². The van der Waals surface area contributed by atoms with Gasteiger partial charge in [0.1, 0.15) is 0 Å². The van der Waals surface area contributed by atoms with Gasteiger partial charge in [-0.3, -0.25) is 9.11 Å². The number of rotatable bonds is 2. The highest BCUT2D eigenvalue weighted by Crippen LogP contribution is 1.64. The van der Waals surface area contributed by atoms with Crippen molar-refractivity contribution in [1.82, 2.24) is 0 Å². The summed E-state index contributed by atoms with van der Waals surface area (Å²) in [7, 11) is -4.67. The molecule has 0 unspecified atom stereocenters. The molecule has 0 fully saturated rings. The zero-order chi connectivity index (χ0) is 10.6. The van der Waals surface area contributed by atoms with Crippen LogP contribution in [0.3, 0.4) is 0 Å². The topological polar surface area (TPSA) is 83.8 Å². The van der Waals surface area contributed by atoms with Crippen LogP contribution in [0.4, 0.5) is 0 Å². The number of hydrogen-bond acceptors (Lipinski definition) is 3. The first-order valence-corrected chi connectivity index (χ1v) is 4.59. The van der Waals surface area contributed by atoms with E-state index in [1.807, 2.05) is 13.8 Å². The van der Waals surface area contributed by atoms with Crippen molar-refractivity contribution in [2.75, 3.05) is 13.2 Å². The van der Waals surface area contributed by atoms with Gasteiger partial charge in [0.25, 0.3) is 0 Å². The predicted octanol–water partition coefficient (Wildman–Crippen LogP) is 1.19. The van der Waals surface area contributed by atoms with E-state index >= 15 is 0 Å². The minimum absolute atomic E-state index is 0.844. The summed E-state index contributed by atoms with van der Waals surface area (Å²) in [5.74, 6) is 0. The molecule has 0 aliphatic carbocycles. The molecule has 0 amide bonds. The monoisotopic (exact) mass is 200 g/mol. The first-order chi connectivity index (χ1) is 5.41. The summed E-state index contributed by atoms with van der Waals surface area (Å²) < 4.78 is 36.4. The zero-order valence-electron chi connectivity index (χ0n) is 7.36. The highest BCUT2D eigenvalue weighted by molar-refractivity contribution is 7.79. The van der Waals surface area contributed by atoms with Gasteiger partial charge in [0, 0.05) is 13.2 Å². The van der Waals surface area contributed by atoms with Gasteiger partial charge in [-0.2, -0.15) is 8.42 Å². The van der Waals surface area contributed by atoms with Crippen LogP contribution >= 0.6 is 0 Å². The second-order valence-electron chi connectivity index (χ2n) is 1.23. The molecule has 5 nitrogen and oxygen atoms in total. The fraction of sp³-hybridized carbons (Fsp3) is 0.667. The van der Waals surface area contributed by atoms with Crippen LogP contribution in [0.1, 0.15) is 13.8 Å². The fourth-order valence-electron chi connectivity index (χ4n) is 0.204. The average molecular weight is 200 g/mol. The van der Waals surface area contributed by atoms with E-state index in [4.69, 9.17) is 22.3 Å². The van der Waals surface area contributed by atoms with E-state index in [-0.39, 0.29) is 0 Å². The van der Waals surface area contributed by atoms with Crippen LogP contribution in [-0.4, -0.2) is 30.7 Å². The summed E-state index contributed by atoms with van der Waals surface area (Å²) in [6.45, 7) is 11.7. The molecule has 0 saturated heterocycles. The molecule has 2 N–H and O–H groups in total. The van der Waals surface area contributed by atoms with Crippen molar-refractivity contribution in [2.24, 2.45) is 0 Å². The molecule has 0 aliphatic rings. The molecular weight excluding hydrogens is 184 g/mol. The van der Waals surface area contributed by atoms with Gasteiger partial charge in [-0.25, -0.2) is 0 Å².